The van der Waals surface area contributed by atoms with Crippen molar-refractivity contribution in [2.75, 3.05) is 11.4 Å². The second-order valence-corrected chi connectivity index (χ2v) is 9.07. The zero-order valence-electron chi connectivity index (χ0n) is 18.9. The zero-order valence-corrected chi connectivity index (χ0v) is 20.4. The molecule has 0 unspecified atom stereocenters. The fraction of sp³-hybridized carbons (Fsp3) is 0.269. The lowest BCUT2D eigenvalue weighted by atomic mass is 9.97. The van der Waals surface area contributed by atoms with E-state index < -0.39 is 6.04 Å². The summed E-state index contributed by atoms with van der Waals surface area (Å²) in [5, 5.41) is 3.83. The van der Waals surface area contributed by atoms with Crippen molar-refractivity contribution in [3.8, 4) is 0 Å². The summed E-state index contributed by atoms with van der Waals surface area (Å²) in [5.74, 6) is 0.0240. The molecule has 0 spiro atoms. The van der Waals surface area contributed by atoms with Gasteiger partial charge in [-0.1, -0.05) is 61.7 Å². The molecule has 0 aliphatic carbocycles. The molecule has 1 N–H and O–H groups in total. The van der Waals surface area contributed by atoms with Crippen LogP contribution in [0.5, 0.6) is 0 Å². The number of benzene rings is 2. The van der Waals surface area contributed by atoms with E-state index in [0.29, 0.717) is 38.3 Å². The minimum absolute atomic E-state index is 0.0524. The van der Waals surface area contributed by atoms with Crippen LogP contribution in [0.4, 0.5) is 5.69 Å². The number of halogens is 2. The summed E-state index contributed by atoms with van der Waals surface area (Å²) in [5.41, 5.74) is 2.50. The van der Waals surface area contributed by atoms with Gasteiger partial charge < -0.3 is 14.6 Å². The molecule has 0 bridgehead atoms. The number of fused-ring (bicyclic) bond motifs is 1. The quantitative estimate of drug-likeness (QED) is 0.468. The molecule has 0 radical (unpaired) electrons. The molecule has 2 heterocycles. The molecule has 176 valence electrons. The lowest BCUT2D eigenvalue weighted by molar-refractivity contribution is -0.125. The Bertz CT molecular complexity index is 1220. The Morgan fingerprint density at radius 2 is 1.94 bits per heavy atom. The largest absolute Gasteiger partial charge is 0.467 e. The predicted molar refractivity (Wildman–Crippen MR) is 135 cm³/mol. The number of amides is 2. The first-order valence-corrected chi connectivity index (χ1v) is 11.9. The van der Waals surface area contributed by atoms with Crippen molar-refractivity contribution in [3.05, 3.63) is 87.8 Å². The van der Waals surface area contributed by atoms with Crippen molar-refractivity contribution >= 4 is 46.4 Å². The molecular formula is C26H25Cl2N3O3. The molecule has 0 fully saturated rings. The highest BCUT2D eigenvalue weighted by molar-refractivity contribution is 6.37. The van der Waals surface area contributed by atoms with E-state index in [4.69, 9.17) is 32.6 Å². The number of aliphatic imine (C=N–C) groups is 1. The number of nitrogens with zero attached hydrogens (tertiary/aromatic N) is 2. The Labute approximate surface area is 208 Å². The van der Waals surface area contributed by atoms with Crippen molar-refractivity contribution in [1.82, 2.24) is 5.32 Å². The average molecular weight is 498 g/mol. The van der Waals surface area contributed by atoms with Gasteiger partial charge in [-0.25, -0.2) is 0 Å². The van der Waals surface area contributed by atoms with E-state index in [1.807, 2.05) is 32.0 Å². The molecular weight excluding hydrogens is 473 g/mol. The molecule has 1 aliphatic rings. The minimum atomic E-state index is -0.680. The van der Waals surface area contributed by atoms with Crippen LogP contribution in [-0.2, 0) is 16.1 Å². The number of benzodiazepines with no additional fused rings is 1. The number of nitrogens with one attached hydrogen (secondary N) is 1. The van der Waals surface area contributed by atoms with Gasteiger partial charge in [-0.2, -0.15) is 0 Å². The number of furan rings is 1. The fourth-order valence-corrected chi connectivity index (χ4v) is 4.30. The SMILES string of the molecule is CC[C@H](C)[C@@H]1N=C(c2ccccc2Cl)c2cc(Cl)ccc2N(CC(=O)NCc2ccco2)C1=O. The maximum Gasteiger partial charge on any atom is 0.252 e. The van der Waals surface area contributed by atoms with Crippen LogP contribution < -0.4 is 10.2 Å². The average Bonchev–Trinajstić information content (AvgIpc) is 3.32. The highest BCUT2D eigenvalue weighted by atomic mass is 35.5. The monoisotopic (exact) mass is 497 g/mol. The summed E-state index contributed by atoms with van der Waals surface area (Å²) >= 11 is 12.9. The number of hydrogen-bond acceptors (Lipinski definition) is 4. The molecule has 2 atom stereocenters. The van der Waals surface area contributed by atoms with E-state index in [9.17, 15) is 9.59 Å². The number of rotatable bonds is 7. The summed E-state index contributed by atoms with van der Waals surface area (Å²) in [6.45, 7) is 4.07. The van der Waals surface area contributed by atoms with Crippen LogP contribution in [0, 0.1) is 5.92 Å². The van der Waals surface area contributed by atoms with Crippen LogP contribution in [-0.4, -0.2) is 30.1 Å². The van der Waals surface area contributed by atoms with Crippen LogP contribution >= 0.6 is 23.2 Å². The highest BCUT2D eigenvalue weighted by Crippen LogP contribution is 2.34. The standard InChI is InChI=1S/C26H25Cl2N3O3/c1-3-16(2)24-26(33)31(15-23(32)29-14-18-7-6-12-34-18)22-11-10-17(27)13-20(22)25(30-24)19-8-4-5-9-21(19)28/h4-13,16,24H,3,14-15H2,1-2H3,(H,29,32)/t16-,24-/m0/s1. The first kappa shape index (κ1) is 24.0. The number of carbonyl (C=O) groups excluding carboxylic acids is 2. The molecule has 8 heteroatoms. The van der Waals surface area contributed by atoms with Gasteiger partial charge in [0.2, 0.25) is 5.91 Å². The lowest BCUT2D eigenvalue weighted by Gasteiger charge is -2.26. The topological polar surface area (TPSA) is 74.9 Å². The van der Waals surface area contributed by atoms with Crippen molar-refractivity contribution in [3.63, 3.8) is 0 Å². The highest BCUT2D eigenvalue weighted by Gasteiger charge is 2.36. The van der Waals surface area contributed by atoms with Crippen LogP contribution in [0.2, 0.25) is 10.0 Å². The Hall–Kier alpha value is -3.09. The Balaban J connectivity index is 1.77. The maximum absolute atomic E-state index is 13.8. The first-order valence-electron chi connectivity index (χ1n) is 11.1. The van der Waals surface area contributed by atoms with Crippen molar-refractivity contribution in [2.24, 2.45) is 10.9 Å². The third kappa shape index (κ3) is 5.03. The van der Waals surface area contributed by atoms with Gasteiger partial charge in [0.05, 0.1) is 24.2 Å². The Morgan fingerprint density at radius 3 is 2.65 bits per heavy atom. The van der Waals surface area contributed by atoms with Crippen molar-refractivity contribution in [2.45, 2.75) is 32.9 Å². The van der Waals surface area contributed by atoms with Gasteiger partial charge in [-0.05, 0) is 42.3 Å². The van der Waals surface area contributed by atoms with Gasteiger partial charge >= 0.3 is 0 Å². The molecule has 2 amide bonds. The fourth-order valence-electron chi connectivity index (χ4n) is 3.90. The Kier molecular flexibility index (Phi) is 7.39. The maximum atomic E-state index is 13.8. The summed E-state index contributed by atoms with van der Waals surface area (Å²) in [6, 6.07) is 15.4. The van der Waals surface area contributed by atoms with Gasteiger partial charge in [0.15, 0.2) is 0 Å². The van der Waals surface area contributed by atoms with Crippen LogP contribution in [0.3, 0.4) is 0 Å². The van der Waals surface area contributed by atoms with E-state index in [-0.39, 0.29) is 30.8 Å². The molecule has 0 saturated carbocycles. The second-order valence-electron chi connectivity index (χ2n) is 8.23. The third-order valence-electron chi connectivity index (χ3n) is 5.95. The zero-order chi connectivity index (χ0) is 24.2. The van der Waals surface area contributed by atoms with Gasteiger partial charge in [0.1, 0.15) is 18.3 Å². The summed E-state index contributed by atoms with van der Waals surface area (Å²) < 4.78 is 5.28. The van der Waals surface area contributed by atoms with E-state index in [1.54, 1.807) is 42.7 Å². The van der Waals surface area contributed by atoms with E-state index in [0.717, 1.165) is 6.42 Å². The molecule has 1 aromatic heterocycles. The van der Waals surface area contributed by atoms with Crippen LogP contribution in [0.15, 0.2) is 70.3 Å². The smallest absolute Gasteiger partial charge is 0.252 e. The molecule has 4 rings (SSSR count). The summed E-state index contributed by atoms with van der Waals surface area (Å²) in [7, 11) is 0. The van der Waals surface area contributed by atoms with Crippen molar-refractivity contribution in [1.29, 1.82) is 0 Å². The Morgan fingerprint density at radius 1 is 1.15 bits per heavy atom. The first-order chi connectivity index (χ1) is 16.4. The van der Waals surface area contributed by atoms with Crippen LogP contribution in [0.25, 0.3) is 0 Å². The van der Waals surface area contributed by atoms with Gasteiger partial charge in [-0.3, -0.25) is 14.6 Å². The normalized spacial score (nSPS) is 16.5. The second kappa shape index (κ2) is 10.5. The lowest BCUT2D eigenvalue weighted by Crippen LogP contribution is -2.46. The molecule has 34 heavy (non-hydrogen) atoms. The number of anilines is 1. The van der Waals surface area contributed by atoms with Gasteiger partial charge in [0.25, 0.3) is 5.91 Å². The third-order valence-corrected chi connectivity index (χ3v) is 6.51. The minimum Gasteiger partial charge on any atom is -0.467 e. The summed E-state index contributed by atoms with van der Waals surface area (Å²) in [4.78, 5) is 33.1. The number of carbonyl (C=O) groups is 2. The predicted octanol–water partition coefficient (Wildman–Crippen LogP) is 5.50. The van der Waals surface area contributed by atoms with Crippen LogP contribution in [0.1, 0.15) is 37.2 Å². The van der Waals surface area contributed by atoms with E-state index in [1.165, 1.54) is 4.90 Å². The molecule has 0 saturated heterocycles. The molecule has 2 aromatic carbocycles. The molecule has 6 nitrogen and oxygen atoms in total. The van der Waals surface area contributed by atoms with Crippen molar-refractivity contribution < 1.29 is 14.0 Å². The number of hydrogen-bond donors (Lipinski definition) is 1. The van der Waals surface area contributed by atoms with E-state index >= 15 is 0 Å². The summed E-state index contributed by atoms with van der Waals surface area (Å²) in [6.07, 6.45) is 2.29. The molecule has 1 aliphatic heterocycles. The molecule has 3 aromatic rings. The van der Waals surface area contributed by atoms with Gasteiger partial charge in [0, 0.05) is 21.2 Å². The van der Waals surface area contributed by atoms with E-state index in [2.05, 4.69) is 5.32 Å². The van der Waals surface area contributed by atoms with Gasteiger partial charge in [-0.15, -0.1) is 0 Å².